The van der Waals surface area contributed by atoms with Gasteiger partial charge in [-0.3, -0.25) is 0 Å². The van der Waals surface area contributed by atoms with Crippen molar-refractivity contribution in [3.8, 4) is 0 Å². The van der Waals surface area contributed by atoms with Gasteiger partial charge >= 0.3 is 0 Å². The van der Waals surface area contributed by atoms with Gasteiger partial charge in [-0.05, 0) is 25.1 Å². The Morgan fingerprint density at radius 1 is 1.24 bits per heavy atom. The number of fused-ring (bicyclic) bond motifs is 1. The van der Waals surface area contributed by atoms with E-state index in [-0.39, 0.29) is 0 Å². The van der Waals surface area contributed by atoms with E-state index in [0.29, 0.717) is 21.6 Å². The first-order chi connectivity index (χ1) is 10.2. The van der Waals surface area contributed by atoms with E-state index in [2.05, 4.69) is 25.3 Å². The lowest BCUT2D eigenvalue weighted by Gasteiger charge is -2.06. The number of halogens is 2. The standard InChI is InChI=1S/C13H11Cl2N5S/c1-2-16-13-19-11-10(17-6-18-11)12(20-13)21-7-3-4-8(14)9(15)5-7/h3-6H,2H2,1H3,(H2,16,17,18,19,20). The molecule has 2 N–H and O–H groups in total. The lowest BCUT2D eigenvalue weighted by molar-refractivity contribution is 1.04. The topological polar surface area (TPSA) is 66.5 Å². The lowest BCUT2D eigenvalue weighted by Crippen LogP contribution is -2.03. The van der Waals surface area contributed by atoms with Gasteiger partial charge in [-0.15, -0.1) is 0 Å². The second-order valence-electron chi connectivity index (χ2n) is 4.16. The number of benzene rings is 1. The van der Waals surface area contributed by atoms with Crippen LogP contribution in [-0.2, 0) is 0 Å². The van der Waals surface area contributed by atoms with Crippen LogP contribution in [0.3, 0.4) is 0 Å². The zero-order valence-electron chi connectivity index (χ0n) is 11.0. The highest BCUT2D eigenvalue weighted by Gasteiger charge is 2.12. The van der Waals surface area contributed by atoms with Crippen LogP contribution < -0.4 is 5.32 Å². The predicted molar refractivity (Wildman–Crippen MR) is 86.4 cm³/mol. The summed E-state index contributed by atoms with van der Waals surface area (Å²) in [6.07, 6.45) is 1.61. The van der Waals surface area contributed by atoms with Gasteiger partial charge in [0.15, 0.2) is 5.65 Å². The van der Waals surface area contributed by atoms with E-state index in [1.54, 1.807) is 12.4 Å². The van der Waals surface area contributed by atoms with Crippen LogP contribution in [0.5, 0.6) is 0 Å². The summed E-state index contributed by atoms with van der Waals surface area (Å²) in [7, 11) is 0. The molecule has 0 radical (unpaired) electrons. The third-order valence-electron chi connectivity index (χ3n) is 2.69. The molecule has 0 spiro atoms. The van der Waals surface area contributed by atoms with Gasteiger partial charge in [0.1, 0.15) is 10.5 Å². The minimum absolute atomic E-state index is 0.517. The highest BCUT2D eigenvalue weighted by molar-refractivity contribution is 7.99. The van der Waals surface area contributed by atoms with Gasteiger partial charge < -0.3 is 10.3 Å². The molecule has 8 heteroatoms. The molecular weight excluding hydrogens is 329 g/mol. The Balaban J connectivity index is 2.01. The second kappa shape index (κ2) is 6.09. The summed E-state index contributed by atoms with van der Waals surface area (Å²) in [5, 5.41) is 4.93. The van der Waals surface area contributed by atoms with Crippen LogP contribution in [0.15, 0.2) is 34.4 Å². The first-order valence-corrected chi connectivity index (χ1v) is 7.82. The monoisotopic (exact) mass is 339 g/mol. The summed E-state index contributed by atoms with van der Waals surface area (Å²) in [6, 6.07) is 5.48. The predicted octanol–water partition coefficient (Wildman–Crippen LogP) is 4.24. The number of aromatic amines is 1. The molecule has 0 aliphatic heterocycles. The van der Waals surface area contributed by atoms with Crippen molar-refractivity contribution in [2.24, 2.45) is 0 Å². The maximum Gasteiger partial charge on any atom is 0.225 e. The van der Waals surface area contributed by atoms with E-state index < -0.39 is 0 Å². The van der Waals surface area contributed by atoms with Crippen LogP contribution in [0, 0.1) is 0 Å². The minimum Gasteiger partial charge on any atom is -0.354 e. The van der Waals surface area contributed by atoms with Gasteiger partial charge in [0.05, 0.1) is 16.4 Å². The molecule has 0 unspecified atom stereocenters. The van der Waals surface area contributed by atoms with Crippen LogP contribution >= 0.6 is 35.0 Å². The fourth-order valence-corrected chi connectivity index (χ4v) is 3.05. The van der Waals surface area contributed by atoms with Crippen molar-refractivity contribution in [1.29, 1.82) is 0 Å². The van der Waals surface area contributed by atoms with Gasteiger partial charge in [0.2, 0.25) is 5.95 Å². The van der Waals surface area contributed by atoms with Gasteiger partial charge in [0, 0.05) is 11.4 Å². The third kappa shape index (κ3) is 3.07. The lowest BCUT2D eigenvalue weighted by atomic mass is 10.4. The Morgan fingerprint density at radius 2 is 2.10 bits per heavy atom. The smallest absolute Gasteiger partial charge is 0.225 e. The largest absolute Gasteiger partial charge is 0.354 e. The third-order valence-corrected chi connectivity index (χ3v) is 4.41. The van der Waals surface area contributed by atoms with E-state index >= 15 is 0 Å². The van der Waals surface area contributed by atoms with E-state index in [4.69, 9.17) is 23.2 Å². The van der Waals surface area contributed by atoms with Crippen molar-refractivity contribution in [1.82, 2.24) is 19.9 Å². The number of aromatic nitrogens is 4. The molecule has 0 aliphatic rings. The summed E-state index contributed by atoms with van der Waals surface area (Å²) < 4.78 is 0. The molecule has 0 bridgehead atoms. The normalized spacial score (nSPS) is 11.0. The molecular formula is C13H11Cl2N5S. The van der Waals surface area contributed by atoms with E-state index in [9.17, 15) is 0 Å². The quantitative estimate of drug-likeness (QED) is 0.695. The number of nitrogens with zero attached hydrogens (tertiary/aromatic N) is 3. The molecule has 2 heterocycles. The summed E-state index contributed by atoms with van der Waals surface area (Å²) >= 11 is 13.5. The van der Waals surface area contributed by atoms with Crippen LogP contribution in [0.2, 0.25) is 10.0 Å². The highest BCUT2D eigenvalue weighted by Crippen LogP contribution is 2.34. The molecule has 5 nitrogen and oxygen atoms in total. The van der Waals surface area contributed by atoms with Gasteiger partial charge in [-0.1, -0.05) is 35.0 Å². The fourth-order valence-electron chi connectivity index (χ4n) is 1.77. The molecule has 3 aromatic rings. The molecule has 0 saturated carbocycles. The van der Waals surface area contributed by atoms with Crippen molar-refractivity contribution < 1.29 is 0 Å². The number of anilines is 1. The number of imidazole rings is 1. The van der Waals surface area contributed by atoms with E-state index in [0.717, 1.165) is 22.0 Å². The van der Waals surface area contributed by atoms with Crippen molar-refractivity contribution in [2.75, 3.05) is 11.9 Å². The number of H-pyrrole nitrogens is 1. The van der Waals surface area contributed by atoms with Gasteiger partial charge in [-0.25, -0.2) is 9.97 Å². The molecule has 0 aliphatic carbocycles. The number of hydrogen-bond acceptors (Lipinski definition) is 5. The molecule has 0 saturated heterocycles. The molecule has 0 fully saturated rings. The zero-order valence-corrected chi connectivity index (χ0v) is 13.4. The number of nitrogens with one attached hydrogen (secondary N) is 2. The average Bonchev–Trinajstić information content (AvgIpc) is 2.92. The van der Waals surface area contributed by atoms with Crippen LogP contribution in [0.25, 0.3) is 11.2 Å². The van der Waals surface area contributed by atoms with Gasteiger partial charge in [0.25, 0.3) is 0 Å². The highest BCUT2D eigenvalue weighted by atomic mass is 35.5. The molecule has 3 rings (SSSR count). The van der Waals surface area contributed by atoms with Crippen molar-refractivity contribution >= 4 is 52.1 Å². The summed E-state index contributed by atoms with van der Waals surface area (Å²) in [6.45, 7) is 2.73. The van der Waals surface area contributed by atoms with Crippen LogP contribution in [-0.4, -0.2) is 26.5 Å². The molecule has 0 amide bonds. The van der Waals surface area contributed by atoms with Crippen molar-refractivity contribution in [3.05, 3.63) is 34.6 Å². The Hall–Kier alpha value is -1.50. The number of rotatable bonds is 4. The molecule has 108 valence electrons. The van der Waals surface area contributed by atoms with Crippen LogP contribution in [0.4, 0.5) is 5.95 Å². The zero-order chi connectivity index (χ0) is 14.8. The Kier molecular flexibility index (Phi) is 4.19. The molecule has 2 aromatic heterocycles. The summed E-state index contributed by atoms with van der Waals surface area (Å²) in [5.41, 5.74) is 1.43. The minimum atomic E-state index is 0.517. The first-order valence-electron chi connectivity index (χ1n) is 6.25. The summed E-state index contributed by atoms with van der Waals surface area (Å²) in [5.74, 6) is 0.555. The van der Waals surface area contributed by atoms with Crippen molar-refractivity contribution in [2.45, 2.75) is 16.8 Å². The van der Waals surface area contributed by atoms with E-state index in [1.807, 2.05) is 19.1 Å². The van der Waals surface area contributed by atoms with E-state index in [1.165, 1.54) is 11.8 Å². The molecule has 21 heavy (non-hydrogen) atoms. The Labute approximate surface area is 135 Å². The first kappa shape index (κ1) is 14.4. The second-order valence-corrected chi connectivity index (χ2v) is 6.04. The van der Waals surface area contributed by atoms with Crippen molar-refractivity contribution in [3.63, 3.8) is 0 Å². The molecule has 1 aromatic carbocycles. The SMILES string of the molecule is CCNc1nc(Sc2ccc(Cl)c(Cl)c2)c2[nH]cnc2n1. The maximum absolute atomic E-state index is 6.05. The molecule has 0 atom stereocenters. The van der Waals surface area contributed by atoms with Crippen LogP contribution in [0.1, 0.15) is 6.92 Å². The average molecular weight is 340 g/mol. The fraction of sp³-hybridized carbons (Fsp3) is 0.154. The maximum atomic E-state index is 6.05. The Bertz CT molecular complexity index is 789. The number of hydrogen-bond donors (Lipinski definition) is 2. The summed E-state index contributed by atoms with van der Waals surface area (Å²) in [4.78, 5) is 17.0. The van der Waals surface area contributed by atoms with Gasteiger partial charge in [-0.2, -0.15) is 4.98 Å². The Morgan fingerprint density at radius 3 is 2.86 bits per heavy atom.